The first-order valence-electron chi connectivity index (χ1n) is 10.2. The Kier molecular flexibility index (Phi) is 8.87. The molecule has 19 heteroatoms. The maximum Gasteiger partial charge on any atom is 0.483 e. The number of aliphatic hydroxyl groups is 4. The molecule has 0 bridgehead atoms. The van der Waals surface area contributed by atoms with E-state index in [1.54, 1.807) is 0 Å². The van der Waals surface area contributed by atoms with E-state index in [4.69, 9.17) is 14.6 Å². The molecule has 2 saturated heterocycles. The Bertz CT molecular complexity index is 1110. The summed E-state index contributed by atoms with van der Waals surface area (Å²) >= 11 is 0. The minimum absolute atomic E-state index is 0.150. The van der Waals surface area contributed by atoms with Gasteiger partial charge in [0.2, 0.25) is 0 Å². The molecule has 2 unspecified atom stereocenters. The second-order valence-electron chi connectivity index (χ2n) is 7.93. The van der Waals surface area contributed by atoms with E-state index in [0.29, 0.717) is 0 Å². The maximum absolute atomic E-state index is 12.2. The van der Waals surface area contributed by atoms with Gasteiger partial charge in [-0.25, -0.2) is 13.9 Å². The van der Waals surface area contributed by atoms with Gasteiger partial charge < -0.3 is 39.7 Å². The van der Waals surface area contributed by atoms with E-state index in [9.17, 15) is 43.8 Å². The second-order valence-corrected chi connectivity index (χ2v) is 10.9. The number of aromatic nitrogens is 2. The molecule has 200 valence electrons. The third kappa shape index (κ3) is 7.14. The molecule has 2 fully saturated rings. The Morgan fingerprint density at radius 3 is 2.46 bits per heavy atom. The Labute approximate surface area is 196 Å². The highest BCUT2D eigenvalue weighted by molar-refractivity contribution is 7.61. The highest BCUT2D eigenvalue weighted by Crippen LogP contribution is 2.61. The van der Waals surface area contributed by atoms with Gasteiger partial charge in [0.25, 0.3) is 5.56 Å². The third-order valence-corrected chi connectivity index (χ3v) is 7.81. The number of ether oxygens (including phenoxy) is 2. The molecule has 0 aromatic carbocycles. The average molecular weight is 548 g/mol. The summed E-state index contributed by atoms with van der Waals surface area (Å²) in [6.45, 7) is 0.00502. The number of H-pyrrole nitrogens is 1. The molecule has 2 aliphatic heterocycles. The second kappa shape index (κ2) is 11.0. The highest BCUT2D eigenvalue weighted by atomic mass is 31.3. The summed E-state index contributed by atoms with van der Waals surface area (Å²) in [5.41, 5.74) is -1.22. The molecule has 3 rings (SSSR count). The first kappa shape index (κ1) is 28.3. The van der Waals surface area contributed by atoms with E-state index in [0.717, 1.165) is 4.57 Å². The van der Waals surface area contributed by atoms with Crippen LogP contribution in [0.4, 0.5) is 0 Å². The van der Waals surface area contributed by atoms with Gasteiger partial charge in [-0.05, 0) is 6.92 Å². The van der Waals surface area contributed by atoms with E-state index in [1.807, 2.05) is 0 Å². The van der Waals surface area contributed by atoms with Crippen LogP contribution in [0.15, 0.2) is 15.8 Å². The molecule has 2 aliphatic rings. The zero-order chi connectivity index (χ0) is 26.1. The molecule has 1 aromatic heterocycles. The van der Waals surface area contributed by atoms with E-state index in [-0.39, 0.29) is 18.4 Å². The molecule has 35 heavy (non-hydrogen) atoms. The van der Waals surface area contributed by atoms with Crippen molar-refractivity contribution in [3.8, 4) is 0 Å². The van der Waals surface area contributed by atoms with Crippen LogP contribution in [0, 0.1) is 6.92 Å². The quantitative estimate of drug-likeness (QED) is 0.158. The molecule has 0 amide bonds. The number of phosphoric ester groups is 2. The lowest BCUT2D eigenvalue weighted by molar-refractivity contribution is -0.244. The molecule has 3 heterocycles. The summed E-state index contributed by atoms with van der Waals surface area (Å²) in [5.74, 6) is 0. The van der Waals surface area contributed by atoms with Gasteiger partial charge in [-0.15, -0.1) is 0 Å². The van der Waals surface area contributed by atoms with Crippen LogP contribution < -0.4 is 11.2 Å². The van der Waals surface area contributed by atoms with Crippen molar-refractivity contribution in [1.29, 1.82) is 0 Å². The van der Waals surface area contributed by atoms with E-state index >= 15 is 0 Å². The molecule has 9 atom stereocenters. The largest absolute Gasteiger partial charge is 0.483 e. The van der Waals surface area contributed by atoms with Gasteiger partial charge in [-0.3, -0.25) is 23.4 Å². The molecule has 17 nitrogen and oxygen atoms in total. The van der Waals surface area contributed by atoms with Crippen LogP contribution in [0.2, 0.25) is 0 Å². The Morgan fingerprint density at radius 2 is 1.80 bits per heavy atom. The SMILES string of the molecule is Cc1cn([C@H]2C[C@H](O)[C@@H](COP(=O)(O)OP(=O)(O)O[C@H]3O[C@H](CO)C[C@H](O)[C@H]3O)O2)c(=O)[nH]c1=O. The van der Waals surface area contributed by atoms with Crippen molar-refractivity contribution in [1.82, 2.24) is 9.55 Å². The number of nitrogens with one attached hydrogen (secondary N) is 1. The van der Waals surface area contributed by atoms with Crippen molar-refractivity contribution in [2.45, 2.75) is 62.8 Å². The van der Waals surface area contributed by atoms with Gasteiger partial charge in [-0.2, -0.15) is 4.31 Å². The zero-order valence-electron chi connectivity index (χ0n) is 18.1. The molecule has 0 radical (unpaired) electrons. The predicted octanol–water partition coefficient (Wildman–Crippen LogP) is -2.43. The van der Waals surface area contributed by atoms with Gasteiger partial charge in [0.05, 0.1) is 31.5 Å². The third-order valence-electron chi connectivity index (χ3n) is 5.21. The van der Waals surface area contributed by atoms with Crippen LogP contribution in [0.25, 0.3) is 0 Å². The lowest BCUT2D eigenvalue weighted by atomic mass is 10.0. The number of nitrogens with zero attached hydrogens (tertiary/aromatic N) is 1. The number of aromatic amines is 1. The summed E-state index contributed by atoms with van der Waals surface area (Å²) in [6.07, 6.45) is -9.12. The summed E-state index contributed by atoms with van der Waals surface area (Å²) in [7, 11) is -10.8. The normalized spacial score (nSPS) is 34.9. The fraction of sp³-hybridized carbons (Fsp3) is 0.750. The standard InChI is InChI=1S/C16H26N2O15P2/c1-7-4-18(16(24)17-14(7)23)12-3-9(20)11(31-12)6-29-34(25,26)33-35(27,28)32-15-13(22)10(21)2-8(5-19)30-15/h4,8-13,15,19-22H,2-3,5-6H2,1H3,(H,25,26)(H,27,28)(H,17,23,24)/t8-,9-,10-,11+,12+,13+,15+/m0/s1. The number of hydrogen-bond acceptors (Lipinski definition) is 13. The summed E-state index contributed by atoms with van der Waals surface area (Å²) in [4.78, 5) is 45.2. The number of aryl methyl sites for hydroxylation is 1. The topological polar surface area (TPSA) is 257 Å². The highest BCUT2D eigenvalue weighted by Gasteiger charge is 2.45. The van der Waals surface area contributed by atoms with Gasteiger partial charge in [0, 0.05) is 24.6 Å². The molecule has 0 aliphatic carbocycles. The van der Waals surface area contributed by atoms with Crippen LogP contribution in [0.1, 0.15) is 24.6 Å². The monoisotopic (exact) mass is 548 g/mol. The molecule has 0 saturated carbocycles. The minimum Gasteiger partial charge on any atom is -0.394 e. The van der Waals surface area contributed by atoms with Crippen LogP contribution in [-0.2, 0) is 32.0 Å². The Morgan fingerprint density at radius 1 is 1.11 bits per heavy atom. The van der Waals surface area contributed by atoms with Crippen LogP contribution in [0.3, 0.4) is 0 Å². The smallest absolute Gasteiger partial charge is 0.394 e. The fourth-order valence-electron chi connectivity index (χ4n) is 3.43. The van der Waals surface area contributed by atoms with Crippen molar-refractivity contribution in [2.24, 2.45) is 0 Å². The van der Waals surface area contributed by atoms with E-state index < -0.39 is 83.1 Å². The minimum atomic E-state index is -5.44. The van der Waals surface area contributed by atoms with Crippen LogP contribution >= 0.6 is 15.6 Å². The van der Waals surface area contributed by atoms with Crippen molar-refractivity contribution in [3.63, 3.8) is 0 Å². The summed E-state index contributed by atoms with van der Waals surface area (Å²) in [6, 6.07) is 0. The van der Waals surface area contributed by atoms with Gasteiger partial charge in [0.1, 0.15) is 18.4 Å². The van der Waals surface area contributed by atoms with Gasteiger partial charge in [-0.1, -0.05) is 0 Å². The van der Waals surface area contributed by atoms with Crippen LogP contribution in [-0.4, -0.2) is 89.8 Å². The lowest BCUT2D eigenvalue weighted by Gasteiger charge is -2.36. The number of hydrogen-bond donors (Lipinski definition) is 7. The Hall–Kier alpha value is -1.30. The zero-order valence-corrected chi connectivity index (χ0v) is 19.9. The molecule has 7 N–H and O–H groups in total. The number of aliphatic hydroxyl groups excluding tert-OH is 4. The van der Waals surface area contributed by atoms with Crippen molar-refractivity contribution < 1.29 is 62.2 Å². The van der Waals surface area contributed by atoms with Crippen molar-refractivity contribution >= 4 is 15.6 Å². The van der Waals surface area contributed by atoms with E-state index in [1.165, 1.54) is 13.1 Å². The van der Waals surface area contributed by atoms with Crippen molar-refractivity contribution in [2.75, 3.05) is 13.2 Å². The number of phosphoric acid groups is 2. The Balaban J connectivity index is 1.58. The lowest BCUT2D eigenvalue weighted by Crippen LogP contribution is -2.50. The van der Waals surface area contributed by atoms with Crippen molar-refractivity contribution in [3.05, 3.63) is 32.6 Å². The molecular weight excluding hydrogens is 522 g/mol. The number of rotatable bonds is 9. The fourth-order valence-corrected chi connectivity index (χ4v) is 5.59. The first-order valence-corrected chi connectivity index (χ1v) is 13.2. The summed E-state index contributed by atoms with van der Waals surface area (Å²) in [5, 5.41) is 38.8. The predicted molar refractivity (Wildman–Crippen MR) is 111 cm³/mol. The molecule has 1 aromatic rings. The van der Waals surface area contributed by atoms with Gasteiger partial charge >= 0.3 is 21.3 Å². The maximum atomic E-state index is 12.2. The summed E-state index contributed by atoms with van der Waals surface area (Å²) < 4.78 is 49.0. The van der Waals surface area contributed by atoms with E-state index in [2.05, 4.69) is 18.3 Å². The molecular formula is C16H26N2O15P2. The average Bonchev–Trinajstić information content (AvgIpc) is 3.11. The van der Waals surface area contributed by atoms with Crippen LogP contribution in [0.5, 0.6) is 0 Å². The molecule has 0 spiro atoms. The first-order chi connectivity index (χ1) is 16.2. The van der Waals surface area contributed by atoms with Gasteiger partial charge in [0.15, 0.2) is 6.29 Å².